The molecule has 138 valence electrons. The summed E-state index contributed by atoms with van der Waals surface area (Å²) in [5.74, 6) is -0.522. The summed E-state index contributed by atoms with van der Waals surface area (Å²) < 4.78 is 13.2. The Hall–Kier alpha value is -2.51. The Morgan fingerprint density at radius 3 is 2.78 bits per heavy atom. The summed E-state index contributed by atoms with van der Waals surface area (Å²) in [6.45, 7) is 0. The second-order valence-corrected chi connectivity index (χ2v) is 7.88. The van der Waals surface area contributed by atoms with Crippen molar-refractivity contribution in [3.8, 4) is 0 Å². The lowest BCUT2D eigenvalue weighted by Crippen LogP contribution is -2.33. The fourth-order valence-electron chi connectivity index (χ4n) is 4.47. The molecule has 2 saturated carbocycles. The van der Waals surface area contributed by atoms with Gasteiger partial charge < -0.3 is 10.4 Å². The van der Waals surface area contributed by atoms with Gasteiger partial charge in [0.15, 0.2) is 0 Å². The van der Waals surface area contributed by atoms with Crippen LogP contribution in [-0.4, -0.2) is 32.2 Å². The van der Waals surface area contributed by atoms with E-state index in [-0.39, 0.29) is 29.3 Å². The number of halogens is 2. The fourth-order valence-corrected chi connectivity index (χ4v) is 4.69. The predicted molar refractivity (Wildman–Crippen MR) is 96.7 cm³/mol. The topological polar surface area (TPSA) is 90.9 Å². The number of hydrogen-bond acceptors (Lipinski definition) is 4. The third kappa shape index (κ3) is 2.69. The molecule has 2 aliphatic rings. The van der Waals surface area contributed by atoms with Crippen LogP contribution < -0.4 is 5.32 Å². The standard InChI is InChI=1S/C19H16ClFN4O2/c20-10-2-15(14-8-23-25-16(14)3-10)19(27)4-12-13(5-19)17(12)24-18(26)9-1-11(21)7-22-6-9/h1-3,6-8,12-13,17,27H,4-5H2,(H,23,25)(H,24,26). The molecule has 0 spiro atoms. The van der Waals surface area contributed by atoms with Gasteiger partial charge in [0, 0.05) is 22.6 Å². The van der Waals surface area contributed by atoms with Gasteiger partial charge in [-0.25, -0.2) is 4.39 Å². The van der Waals surface area contributed by atoms with Crippen molar-refractivity contribution in [3.63, 3.8) is 0 Å². The van der Waals surface area contributed by atoms with Crippen LogP contribution in [0, 0.1) is 17.7 Å². The van der Waals surface area contributed by atoms with Crippen molar-refractivity contribution < 1.29 is 14.3 Å². The van der Waals surface area contributed by atoms with Gasteiger partial charge in [-0.15, -0.1) is 0 Å². The van der Waals surface area contributed by atoms with Crippen LogP contribution in [0.3, 0.4) is 0 Å². The number of pyridine rings is 1. The van der Waals surface area contributed by atoms with Crippen LogP contribution in [0.1, 0.15) is 28.8 Å². The molecule has 27 heavy (non-hydrogen) atoms. The largest absolute Gasteiger partial charge is 0.385 e. The van der Waals surface area contributed by atoms with E-state index in [0.29, 0.717) is 17.9 Å². The van der Waals surface area contributed by atoms with E-state index in [9.17, 15) is 14.3 Å². The Balaban J connectivity index is 1.33. The number of hydrogen-bond donors (Lipinski definition) is 3. The maximum atomic E-state index is 13.2. The van der Waals surface area contributed by atoms with Gasteiger partial charge >= 0.3 is 0 Å². The number of aromatic nitrogens is 3. The second kappa shape index (κ2) is 5.74. The molecule has 2 atom stereocenters. The second-order valence-electron chi connectivity index (χ2n) is 7.44. The quantitative estimate of drug-likeness (QED) is 0.645. The first-order valence-electron chi connectivity index (χ1n) is 8.71. The Labute approximate surface area is 158 Å². The summed E-state index contributed by atoms with van der Waals surface area (Å²) in [7, 11) is 0. The van der Waals surface area contributed by atoms with Crippen LogP contribution in [0.25, 0.3) is 10.9 Å². The lowest BCUT2D eigenvalue weighted by Gasteiger charge is -2.27. The van der Waals surface area contributed by atoms with Gasteiger partial charge in [0.1, 0.15) is 5.82 Å². The number of nitrogens with one attached hydrogen (secondary N) is 2. The summed E-state index contributed by atoms with van der Waals surface area (Å²) in [6.07, 6.45) is 5.16. The number of amides is 1. The Bertz CT molecular complexity index is 1060. The van der Waals surface area contributed by atoms with Crippen molar-refractivity contribution >= 4 is 28.4 Å². The number of aliphatic hydroxyl groups is 1. The van der Waals surface area contributed by atoms with Gasteiger partial charge in [-0.1, -0.05) is 11.6 Å². The molecule has 1 amide bonds. The molecule has 3 aromatic rings. The normalized spacial score (nSPS) is 28.9. The van der Waals surface area contributed by atoms with Crippen molar-refractivity contribution in [2.75, 3.05) is 0 Å². The van der Waals surface area contributed by atoms with E-state index in [0.717, 1.165) is 22.7 Å². The summed E-state index contributed by atoms with van der Waals surface area (Å²) in [6, 6.07) is 4.72. The molecule has 0 saturated heterocycles. The number of nitrogens with zero attached hydrogens (tertiary/aromatic N) is 2. The maximum Gasteiger partial charge on any atom is 0.253 e. The van der Waals surface area contributed by atoms with Crippen molar-refractivity contribution in [2.24, 2.45) is 11.8 Å². The fraction of sp³-hybridized carbons (Fsp3) is 0.316. The van der Waals surface area contributed by atoms with Crippen LogP contribution >= 0.6 is 11.6 Å². The molecule has 2 unspecified atom stereocenters. The highest BCUT2D eigenvalue weighted by molar-refractivity contribution is 6.31. The van der Waals surface area contributed by atoms with Crippen LogP contribution in [0.15, 0.2) is 36.8 Å². The molecule has 6 nitrogen and oxygen atoms in total. The number of carbonyl (C=O) groups excluding carboxylic acids is 1. The van der Waals surface area contributed by atoms with Crippen LogP contribution in [-0.2, 0) is 5.60 Å². The van der Waals surface area contributed by atoms with E-state index in [1.54, 1.807) is 18.3 Å². The molecule has 2 aliphatic carbocycles. The number of benzene rings is 1. The number of aromatic amines is 1. The molecular weight excluding hydrogens is 371 g/mol. The smallest absolute Gasteiger partial charge is 0.253 e. The molecule has 8 heteroatoms. The van der Waals surface area contributed by atoms with Crippen molar-refractivity contribution in [2.45, 2.75) is 24.5 Å². The van der Waals surface area contributed by atoms with E-state index in [4.69, 9.17) is 11.6 Å². The minimum Gasteiger partial charge on any atom is -0.385 e. The molecule has 0 bridgehead atoms. The van der Waals surface area contributed by atoms with Crippen molar-refractivity contribution in [1.82, 2.24) is 20.5 Å². The van der Waals surface area contributed by atoms with Gasteiger partial charge in [-0.2, -0.15) is 5.10 Å². The minimum atomic E-state index is -0.996. The van der Waals surface area contributed by atoms with E-state index in [1.165, 1.54) is 12.3 Å². The molecule has 2 heterocycles. The summed E-state index contributed by atoms with van der Waals surface area (Å²) >= 11 is 6.19. The Kier molecular flexibility index (Phi) is 3.54. The lowest BCUT2D eigenvalue weighted by atomic mass is 9.86. The highest BCUT2D eigenvalue weighted by atomic mass is 35.5. The SMILES string of the molecule is O=C(NC1C2CC(O)(c3cc(Cl)cc4[nH]ncc34)CC21)c1cncc(F)c1. The average Bonchev–Trinajstić information content (AvgIpc) is 3.01. The molecule has 2 fully saturated rings. The molecule has 1 aromatic carbocycles. The number of carbonyl (C=O) groups is 1. The molecular formula is C19H16ClFN4O2. The van der Waals surface area contributed by atoms with Crippen LogP contribution in [0.2, 0.25) is 5.02 Å². The highest BCUT2D eigenvalue weighted by Crippen LogP contribution is 2.60. The summed E-state index contributed by atoms with van der Waals surface area (Å²) in [4.78, 5) is 16.0. The van der Waals surface area contributed by atoms with Crippen LogP contribution in [0.4, 0.5) is 4.39 Å². The minimum absolute atomic E-state index is 0.0138. The van der Waals surface area contributed by atoms with Crippen molar-refractivity contribution in [3.05, 3.63) is 58.8 Å². The summed E-state index contributed by atoms with van der Waals surface area (Å²) in [5.41, 5.74) is 0.759. The Morgan fingerprint density at radius 2 is 2.04 bits per heavy atom. The summed E-state index contributed by atoms with van der Waals surface area (Å²) in [5, 5.41) is 22.5. The van der Waals surface area contributed by atoms with Gasteiger partial charge in [-0.05, 0) is 48.4 Å². The van der Waals surface area contributed by atoms with E-state index < -0.39 is 11.4 Å². The van der Waals surface area contributed by atoms with Crippen LogP contribution in [0.5, 0.6) is 0 Å². The zero-order valence-corrected chi connectivity index (χ0v) is 14.9. The third-order valence-corrected chi connectivity index (χ3v) is 5.99. The van der Waals surface area contributed by atoms with Crippen molar-refractivity contribution in [1.29, 1.82) is 0 Å². The van der Waals surface area contributed by atoms with Gasteiger partial charge in [-0.3, -0.25) is 14.9 Å². The first-order chi connectivity index (χ1) is 12.9. The average molecular weight is 387 g/mol. The number of rotatable bonds is 3. The maximum absolute atomic E-state index is 13.2. The Morgan fingerprint density at radius 1 is 1.26 bits per heavy atom. The first-order valence-corrected chi connectivity index (χ1v) is 9.09. The molecule has 0 aliphatic heterocycles. The van der Waals surface area contributed by atoms with E-state index in [1.807, 2.05) is 0 Å². The molecule has 0 radical (unpaired) electrons. The first kappa shape index (κ1) is 16.6. The predicted octanol–water partition coefficient (Wildman–Crippen LogP) is 2.78. The number of H-pyrrole nitrogens is 1. The highest BCUT2D eigenvalue weighted by Gasteiger charge is 2.62. The van der Waals surface area contributed by atoms with E-state index in [2.05, 4.69) is 20.5 Å². The third-order valence-electron chi connectivity index (χ3n) is 5.77. The van der Waals surface area contributed by atoms with Gasteiger partial charge in [0.05, 0.1) is 29.1 Å². The molecule has 2 aromatic heterocycles. The zero-order chi connectivity index (χ0) is 18.8. The molecule has 3 N–H and O–H groups in total. The zero-order valence-electron chi connectivity index (χ0n) is 14.1. The lowest BCUT2D eigenvalue weighted by molar-refractivity contribution is 0.0293. The van der Waals surface area contributed by atoms with Gasteiger partial charge in [0.2, 0.25) is 0 Å². The monoisotopic (exact) mass is 386 g/mol. The number of fused-ring (bicyclic) bond motifs is 2. The molecule has 5 rings (SSSR count). The van der Waals surface area contributed by atoms with E-state index >= 15 is 0 Å². The van der Waals surface area contributed by atoms with Gasteiger partial charge in [0.25, 0.3) is 5.91 Å².